The molecule has 0 aliphatic carbocycles. The van der Waals surface area contributed by atoms with Gasteiger partial charge >= 0.3 is 0 Å². The minimum Gasteiger partial charge on any atom is -0.225 e. The van der Waals surface area contributed by atoms with Crippen LogP contribution in [0.5, 0.6) is 0 Å². The van der Waals surface area contributed by atoms with E-state index in [1.807, 2.05) is 48.8 Å². The van der Waals surface area contributed by atoms with Gasteiger partial charge < -0.3 is 0 Å². The number of rotatable bonds is 3. The summed E-state index contributed by atoms with van der Waals surface area (Å²) in [6.07, 6.45) is 3.67. The molecule has 0 spiro atoms. The van der Waals surface area contributed by atoms with Crippen molar-refractivity contribution in [2.24, 2.45) is 0 Å². The van der Waals surface area contributed by atoms with E-state index in [9.17, 15) is 0 Å². The van der Waals surface area contributed by atoms with Gasteiger partial charge in [-0.25, -0.2) is 28.2 Å². The zero-order valence-corrected chi connectivity index (χ0v) is 20.8. The minimum absolute atomic E-state index is 0.100. The van der Waals surface area contributed by atoms with Crippen molar-refractivity contribution in [1.29, 1.82) is 0 Å². The van der Waals surface area contributed by atoms with E-state index in [-0.39, 0.29) is 5.41 Å². The fourth-order valence-corrected chi connectivity index (χ4v) is 3.98. The lowest BCUT2D eigenvalue weighted by Gasteiger charge is -2.19. The van der Waals surface area contributed by atoms with E-state index >= 15 is 0 Å². The highest BCUT2D eigenvalue weighted by molar-refractivity contribution is 5.79. The maximum Gasteiger partial charge on any atom is 0.267 e. The average Bonchev–Trinajstić information content (AvgIpc) is 3.19. The summed E-state index contributed by atoms with van der Waals surface area (Å²) in [6, 6.07) is 29.3. The molecule has 0 saturated heterocycles. The fraction of sp³-hybridized carbons (Fsp3) is 0.148. The Hall–Kier alpha value is -3.66. The van der Waals surface area contributed by atoms with E-state index in [2.05, 4.69) is 88.4 Å². The Morgan fingerprint density at radius 3 is 1.86 bits per heavy atom. The lowest BCUT2D eigenvalue weighted by molar-refractivity contribution is -2.00. The van der Waals surface area contributed by atoms with Crippen LogP contribution in [0, 0.1) is 10.2 Å². The Kier molecular flexibility index (Phi) is 7.16. The molecular formula is C27H25ClN4O4. The van der Waals surface area contributed by atoms with Crippen LogP contribution in [0.3, 0.4) is 0 Å². The van der Waals surface area contributed by atoms with Crippen molar-refractivity contribution in [3.8, 4) is 23.0 Å². The summed E-state index contributed by atoms with van der Waals surface area (Å²) >= 11 is 0. The molecule has 0 unspecified atom stereocenters. The molecule has 0 radical (unpaired) electrons. The van der Waals surface area contributed by atoms with E-state index in [1.54, 1.807) is 0 Å². The van der Waals surface area contributed by atoms with Crippen LogP contribution in [0.2, 0.25) is 0 Å². The quantitative estimate of drug-likeness (QED) is 0.336. The lowest BCUT2D eigenvalue weighted by Crippen LogP contribution is -2.68. The Bertz CT molecular complexity index is 1360. The molecule has 0 bridgehead atoms. The molecule has 2 aromatic carbocycles. The third-order valence-corrected chi connectivity index (χ3v) is 5.55. The van der Waals surface area contributed by atoms with E-state index in [0.717, 1.165) is 34.1 Å². The first kappa shape index (κ1) is 25.4. The summed E-state index contributed by atoms with van der Waals surface area (Å²) in [5.74, 6) is 2.78. The van der Waals surface area contributed by atoms with Gasteiger partial charge in [-0.1, -0.05) is 57.2 Å². The van der Waals surface area contributed by atoms with Gasteiger partial charge in [0, 0.05) is 17.8 Å². The topological polar surface area (TPSA) is 127 Å². The predicted octanol–water partition coefficient (Wildman–Crippen LogP) is 0.906. The summed E-state index contributed by atoms with van der Waals surface area (Å²) in [7, 11) is -4.94. The Balaban J connectivity index is 0.000000556. The Morgan fingerprint density at radius 2 is 1.31 bits per heavy atom. The molecule has 36 heavy (non-hydrogen) atoms. The van der Waals surface area contributed by atoms with Gasteiger partial charge in [0.2, 0.25) is 5.82 Å². The molecule has 0 atom stereocenters. The van der Waals surface area contributed by atoms with Gasteiger partial charge in [-0.05, 0) is 53.4 Å². The highest BCUT2D eigenvalue weighted by atomic mass is 35.7. The van der Waals surface area contributed by atoms with Gasteiger partial charge in [0.05, 0.1) is 0 Å². The normalized spacial score (nSPS) is 11.8. The van der Waals surface area contributed by atoms with Crippen molar-refractivity contribution < 1.29 is 33.4 Å². The first-order valence-electron chi connectivity index (χ1n) is 11.1. The van der Waals surface area contributed by atoms with Crippen LogP contribution in [0.4, 0.5) is 0 Å². The second-order valence-electron chi connectivity index (χ2n) is 9.06. The molecule has 3 aromatic heterocycles. The van der Waals surface area contributed by atoms with Crippen LogP contribution in [0.15, 0.2) is 97.3 Å². The third-order valence-electron chi connectivity index (χ3n) is 5.55. The Labute approximate surface area is 211 Å². The van der Waals surface area contributed by atoms with Crippen LogP contribution in [-0.2, 0) is 5.41 Å². The Morgan fingerprint density at radius 1 is 0.722 bits per heavy atom. The van der Waals surface area contributed by atoms with Crippen molar-refractivity contribution in [1.82, 2.24) is 14.5 Å². The summed E-state index contributed by atoms with van der Waals surface area (Å²) in [5.41, 5.74) is 4.69. The van der Waals surface area contributed by atoms with Gasteiger partial charge in [-0.3, -0.25) is 0 Å². The third kappa shape index (κ3) is 5.76. The number of hydrogen-bond donors (Lipinski definition) is 0. The molecule has 0 amide bonds. The van der Waals surface area contributed by atoms with Crippen LogP contribution in [0.1, 0.15) is 26.3 Å². The van der Waals surface area contributed by atoms with Gasteiger partial charge in [-0.15, -0.1) is 15.2 Å². The highest BCUT2D eigenvalue weighted by Crippen LogP contribution is 2.30. The number of aromatic nitrogens is 4. The molecule has 0 aliphatic rings. The van der Waals surface area contributed by atoms with Gasteiger partial charge in [-0.2, -0.15) is 4.57 Å². The predicted molar refractivity (Wildman–Crippen MR) is 125 cm³/mol. The fourth-order valence-electron chi connectivity index (χ4n) is 3.98. The van der Waals surface area contributed by atoms with E-state index in [0.29, 0.717) is 0 Å². The maximum absolute atomic E-state index is 8.49. The number of imidazole rings is 1. The average molecular weight is 505 g/mol. The number of pyridine rings is 2. The highest BCUT2D eigenvalue weighted by Gasteiger charge is 2.28. The SMILES string of the molecule is CC(C)(C)c1ccc(-c2n(-c3ccccn3)c3ccccc3[n+]2-c2ccccn2)cc1.[O-][Cl+3]([O-])([O-])[O-]. The smallest absolute Gasteiger partial charge is 0.225 e. The monoisotopic (exact) mass is 504 g/mol. The largest absolute Gasteiger partial charge is 0.267 e. The van der Waals surface area contributed by atoms with Gasteiger partial charge in [0.1, 0.15) is 17.2 Å². The summed E-state index contributed by atoms with van der Waals surface area (Å²) in [5, 5.41) is 0. The molecule has 0 N–H and O–H groups in total. The molecular weight excluding hydrogens is 480 g/mol. The maximum atomic E-state index is 8.49. The van der Waals surface area contributed by atoms with Gasteiger partial charge in [0.25, 0.3) is 5.82 Å². The second-order valence-corrected chi connectivity index (χ2v) is 9.82. The first-order valence-corrected chi connectivity index (χ1v) is 12.4. The van der Waals surface area contributed by atoms with Crippen LogP contribution in [-0.4, -0.2) is 14.5 Å². The molecule has 184 valence electrons. The van der Waals surface area contributed by atoms with E-state index in [1.165, 1.54) is 5.56 Å². The molecule has 5 aromatic rings. The van der Waals surface area contributed by atoms with Crippen molar-refractivity contribution in [2.45, 2.75) is 26.2 Å². The van der Waals surface area contributed by atoms with Crippen LogP contribution < -0.4 is 23.2 Å². The molecule has 0 fully saturated rings. The van der Waals surface area contributed by atoms with Crippen LogP contribution >= 0.6 is 0 Å². The molecule has 9 heteroatoms. The van der Waals surface area contributed by atoms with Crippen LogP contribution in [0.25, 0.3) is 34.1 Å². The van der Waals surface area contributed by atoms with E-state index < -0.39 is 10.2 Å². The first-order chi connectivity index (χ1) is 17.0. The number of benzene rings is 2. The minimum atomic E-state index is -4.94. The summed E-state index contributed by atoms with van der Waals surface area (Å²) in [6.45, 7) is 6.71. The molecule has 3 heterocycles. The molecule has 0 aliphatic heterocycles. The van der Waals surface area contributed by atoms with E-state index in [4.69, 9.17) is 18.6 Å². The molecule has 0 saturated carbocycles. The number of halogens is 1. The van der Waals surface area contributed by atoms with Crippen molar-refractivity contribution in [3.63, 3.8) is 0 Å². The standard InChI is InChI=1S/C27H25N4.ClHO4/c1-27(2,3)21-16-14-20(15-17-21)26-30(24-12-6-8-18-28-24)22-10-4-5-11-23(22)31(26)25-13-7-9-19-29-25;2-1(3,4)5/h4-19H,1-3H3;(H,2,3,4,5)/q+1;/p-1. The van der Waals surface area contributed by atoms with Crippen molar-refractivity contribution in [3.05, 3.63) is 103 Å². The number of fused-ring (bicyclic) bond motifs is 1. The second kappa shape index (κ2) is 10.1. The molecule has 5 rings (SSSR count). The zero-order valence-electron chi connectivity index (χ0n) is 20.0. The lowest BCUT2D eigenvalue weighted by atomic mass is 9.86. The summed E-state index contributed by atoms with van der Waals surface area (Å²) < 4.78 is 38.4. The zero-order chi connectivity index (χ0) is 25.9. The number of hydrogen-bond acceptors (Lipinski definition) is 6. The van der Waals surface area contributed by atoms with Crippen molar-refractivity contribution >= 4 is 11.0 Å². The number of para-hydroxylation sites is 2. The van der Waals surface area contributed by atoms with Crippen molar-refractivity contribution in [2.75, 3.05) is 0 Å². The van der Waals surface area contributed by atoms with Gasteiger partial charge in [0.15, 0.2) is 5.82 Å². The molecule has 8 nitrogen and oxygen atoms in total. The number of nitrogens with zero attached hydrogens (tertiary/aromatic N) is 4. The summed E-state index contributed by atoms with van der Waals surface area (Å²) in [4.78, 5) is 9.36.